The number of carbonyl (C=O) groups is 1. The molecule has 1 fully saturated rings. The number of amides is 1. The first kappa shape index (κ1) is 24.5. The first-order chi connectivity index (χ1) is 15.5. The Bertz CT molecular complexity index is 733. The lowest BCUT2D eigenvalue weighted by molar-refractivity contribution is -0.130. The average Bonchev–Trinajstić information content (AvgIpc) is 2.80. The first-order valence-corrected chi connectivity index (χ1v) is 12.3. The van der Waals surface area contributed by atoms with Crippen LogP contribution in [0.1, 0.15) is 44.7 Å². The van der Waals surface area contributed by atoms with Gasteiger partial charge >= 0.3 is 0 Å². The summed E-state index contributed by atoms with van der Waals surface area (Å²) >= 11 is 0. The molecule has 1 heterocycles. The minimum absolute atomic E-state index is 0.209. The topological polar surface area (TPSA) is 26.8 Å². The third-order valence-corrected chi connectivity index (χ3v) is 6.62. The number of hydrogen-bond acceptors (Lipinski definition) is 3. The largest absolute Gasteiger partial charge is 0.342 e. The summed E-state index contributed by atoms with van der Waals surface area (Å²) in [7, 11) is 0. The van der Waals surface area contributed by atoms with Crippen molar-refractivity contribution in [3.05, 3.63) is 71.8 Å². The molecule has 1 aliphatic rings. The van der Waals surface area contributed by atoms with E-state index in [9.17, 15) is 4.79 Å². The molecular formula is C28H41N3O. The zero-order valence-corrected chi connectivity index (χ0v) is 20.2. The summed E-state index contributed by atoms with van der Waals surface area (Å²) < 4.78 is 0. The monoisotopic (exact) mass is 435 g/mol. The van der Waals surface area contributed by atoms with E-state index in [0.29, 0.717) is 11.8 Å². The van der Waals surface area contributed by atoms with Crippen molar-refractivity contribution in [2.75, 3.05) is 39.3 Å². The lowest BCUT2D eigenvalue weighted by Gasteiger charge is -2.29. The molecule has 1 amide bonds. The van der Waals surface area contributed by atoms with Crippen molar-refractivity contribution in [1.29, 1.82) is 0 Å². The van der Waals surface area contributed by atoms with Crippen LogP contribution in [0.5, 0.6) is 0 Å². The number of rotatable bonds is 4. The summed E-state index contributed by atoms with van der Waals surface area (Å²) in [5, 5.41) is 0. The third-order valence-electron chi connectivity index (χ3n) is 6.62. The Morgan fingerprint density at radius 3 is 1.50 bits per heavy atom. The Morgan fingerprint density at radius 2 is 1.12 bits per heavy atom. The molecule has 0 aliphatic carbocycles. The van der Waals surface area contributed by atoms with E-state index < -0.39 is 0 Å². The van der Waals surface area contributed by atoms with Crippen molar-refractivity contribution < 1.29 is 4.79 Å². The molecule has 32 heavy (non-hydrogen) atoms. The SMILES string of the molecule is CC(=O)N1CC(C)CCN(Cc2ccccc2)CCN(Cc2ccccc2)CCC(C)C1. The van der Waals surface area contributed by atoms with E-state index in [2.05, 4.69) is 89.2 Å². The van der Waals surface area contributed by atoms with Gasteiger partial charge in [-0.2, -0.15) is 0 Å². The minimum atomic E-state index is 0.209. The van der Waals surface area contributed by atoms with Crippen LogP contribution in [-0.2, 0) is 17.9 Å². The van der Waals surface area contributed by atoms with E-state index in [-0.39, 0.29) is 5.91 Å². The van der Waals surface area contributed by atoms with Crippen LogP contribution in [0.3, 0.4) is 0 Å². The number of carbonyl (C=O) groups excluding carboxylic acids is 1. The van der Waals surface area contributed by atoms with Crippen LogP contribution in [-0.4, -0.2) is 59.9 Å². The zero-order valence-electron chi connectivity index (χ0n) is 20.2. The van der Waals surface area contributed by atoms with Crippen molar-refractivity contribution >= 4 is 5.91 Å². The van der Waals surface area contributed by atoms with Gasteiger partial charge in [0.05, 0.1) is 0 Å². The second kappa shape index (κ2) is 12.8. The molecule has 2 aromatic rings. The summed E-state index contributed by atoms with van der Waals surface area (Å²) in [6, 6.07) is 21.6. The molecule has 4 heteroatoms. The van der Waals surface area contributed by atoms with Crippen LogP contribution in [0.4, 0.5) is 0 Å². The Labute approximate surface area is 195 Å². The Morgan fingerprint density at radius 1 is 0.719 bits per heavy atom. The minimum Gasteiger partial charge on any atom is -0.342 e. The Balaban J connectivity index is 1.74. The van der Waals surface area contributed by atoms with Gasteiger partial charge in [0.15, 0.2) is 0 Å². The van der Waals surface area contributed by atoms with E-state index in [1.165, 1.54) is 11.1 Å². The van der Waals surface area contributed by atoms with Crippen LogP contribution in [0.2, 0.25) is 0 Å². The molecule has 0 radical (unpaired) electrons. The standard InChI is InChI=1S/C28H41N3O/c1-24-14-16-29(22-27-10-6-4-7-11-27)18-19-30(23-28-12-8-5-9-13-28)17-15-25(2)21-31(20-24)26(3)32/h4-13,24-25H,14-23H2,1-3H3. The van der Waals surface area contributed by atoms with Gasteiger partial charge in [-0.25, -0.2) is 0 Å². The van der Waals surface area contributed by atoms with Crippen molar-refractivity contribution in [1.82, 2.24) is 14.7 Å². The highest BCUT2D eigenvalue weighted by atomic mass is 16.2. The molecular weight excluding hydrogens is 394 g/mol. The van der Waals surface area contributed by atoms with Gasteiger partial charge in [0, 0.05) is 46.2 Å². The molecule has 1 saturated heterocycles. The molecule has 1 aliphatic heterocycles. The summed E-state index contributed by atoms with van der Waals surface area (Å²) in [4.78, 5) is 19.6. The summed E-state index contributed by atoms with van der Waals surface area (Å²) in [5.41, 5.74) is 2.75. The highest BCUT2D eigenvalue weighted by molar-refractivity contribution is 5.73. The molecule has 0 spiro atoms. The molecule has 174 valence electrons. The van der Waals surface area contributed by atoms with E-state index in [0.717, 1.165) is 65.2 Å². The highest BCUT2D eigenvalue weighted by Crippen LogP contribution is 2.16. The van der Waals surface area contributed by atoms with Gasteiger partial charge in [0.2, 0.25) is 5.91 Å². The van der Waals surface area contributed by atoms with Gasteiger partial charge in [-0.3, -0.25) is 14.6 Å². The molecule has 2 atom stereocenters. The van der Waals surface area contributed by atoms with E-state index in [4.69, 9.17) is 0 Å². The quantitative estimate of drug-likeness (QED) is 0.683. The van der Waals surface area contributed by atoms with E-state index in [1.807, 2.05) is 0 Å². The summed E-state index contributed by atoms with van der Waals surface area (Å²) in [5.74, 6) is 1.22. The fourth-order valence-electron chi connectivity index (χ4n) is 4.58. The Hall–Kier alpha value is -2.17. The Kier molecular flexibility index (Phi) is 9.76. The lowest BCUT2D eigenvalue weighted by atomic mass is 10.0. The predicted octanol–water partition coefficient (Wildman–Crippen LogP) is 4.91. The van der Waals surface area contributed by atoms with E-state index >= 15 is 0 Å². The maximum Gasteiger partial charge on any atom is 0.219 e. The molecule has 0 saturated carbocycles. The van der Waals surface area contributed by atoms with Crippen LogP contribution in [0, 0.1) is 11.8 Å². The van der Waals surface area contributed by atoms with Gasteiger partial charge < -0.3 is 4.90 Å². The fourth-order valence-corrected chi connectivity index (χ4v) is 4.58. The smallest absolute Gasteiger partial charge is 0.219 e. The number of nitrogens with zero attached hydrogens (tertiary/aromatic N) is 3. The summed E-state index contributed by atoms with van der Waals surface area (Å²) in [6.07, 6.45) is 2.23. The van der Waals surface area contributed by atoms with Gasteiger partial charge in [0.25, 0.3) is 0 Å². The van der Waals surface area contributed by atoms with Crippen molar-refractivity contribution in [3.63, 3.8) is 0 Å². The van der Waals surface area contributed by atoms with Crippen molar-refractivity contribution in [3.8, 4) is 0 Å². The van der Waals surface area contributed by atoms with E-state index in [1.54, 1.807) is 6.92 Å². The average molecular weight is 436 g/mol. The third kappa shape index (κ3) is 8.40. The van der Waals surface area contributed by atoms with Crippen molar-refractivity contribution in [2.24, 2.45) is 11.8 Å². The normalized spacial score (nSPS) is 22.5. The van der Waals surface area contributed by atoms with Gasteiger partial charge in [-0.1, -0.05) is 74.5 Å². The van der Waals surface area contributed by atoms with Gasteiger partial charge in [0.1, 0.15) is 0 Å². The molecule has 4 nitrogen and oxygen atoms in total. The predicted molar refractivity (Wildman–Crippen MR) is 133 cm³/mol. The molecule has 2 unspecified atom stereocenters. The molecule has 0 aromatic heterocycles. The zero-order chi connectivity index (χ0) is 22.8. The fraction of sp³-hybridized carbons (Fsp3) is 0.536. The maximum atomic E-state index is 12.3. The van der Waals surface area contributed by atoms with Crippen LogP contribution in [0.25, 0.3) is 0 Å². The lowest BCUT2D eigenvalue weighted by Crippen LogP contribution is -2.37. The number of benzene rings is 2. The molecule has 3 rings (SSSR count). The number of hydrogen-bond donors (Lipinski definition) is 0. The summed E-state index contributed by atoms with van der Waals surface area (Å²) in [6.45, 7) is 14.3. The first-order valence-electron chi connectivity index (χ1n) is 12.3. The molecule has 0 N–H and O–H groups in total. The van der Waals surface area contributed by atoms with Gasteiger partial charge in [-0.15, -0.1) is 0 Å². The second-order valence-electron chi connectivity index (χ2n) is 9.74. The van der Waals surface area contributed by atoms with Crippen LogP contribution < -0.4 is 0 Å². The van der Waals surface area contributed by atoms with Crippen molar-refractivity contribution in [2.45, 2.75) is 46.7 Å². The maximum absolute atomic E-state index is 12.3. The molecule has 2 aromatic carbocycles. The second-order valence-corrected chi connectivity index (χ2v) is 9.74. The van der Waals surface area contributed by atoms with Crippen LogP contribution >= 0.6 is 0 Å². The van der Waals surface area contributed by atoms with Crippen LogP contribution in [0.15, 0.2) is 60.7 Å². The highest BCUT2D eigenvalue weighted by Gasteiger charge is 2.20. The molecule has 0 bridgehead atoms. The van der Waals surface area contributed by atoms with Gasteiger partial charge in [-0.05, 0) is 48.9 Å².